The van der Waals surface area contributed by atoms with Gasteiger partial charge in [-0.2, -0.15) is 13.6 Å². The van der Waals surface area contributed by atoms with Crippen LogP contribution in [0.25, 0.3) is 5.57 Å². The van der Waals surface area contributed by atoms with Crippen molar-refractivity contribution >= 4 is 25.7 Å². The molecule has 1 aromatic carbocycles. The van der Waals surface area contributed by atoms with Crippen LogP contribution < -0.4 is 9.32 Å². The summed E-state index contributed by atoms with van der Waals surface area (Å²) in [5.74, 6) is 0.142. The highest BCUT2D eigenvalue weighted by atomic mass is 32.2. The second kappa shape index (κ2) is 6.16. The lowest BCUT2D eigenvalue weighted by Crippen LogP contribution is -2.19. The fraction of sp³-hybridized carbons (Fsp3) is 0.500. The van der Waals surface area contributed by atoms with Gasteiger partial charge in [0.25, 0.3) is 0 Å². The van der Waals surface area contributed by atoms with Gasteiger partial charge in [-0.25, -0.2) is 8.42 Å². The average molecular weight is 371 g/mol. The molecule has 2 aliphatic rings. The van der Waals surface area contributed by atoms with E-state index in [9.17, 15) is 16.8 Å². The number of benzene rings is 1. The first-order valence-corrected chi connectivity index (χ1v) is 11.0. The van der Waals surface area contributed by atoms with Crippen LogP contribution in [0.2, 0.25) is 0 Å². The van der Waals surface area contributed by atoms with Crippen LogP contribution in [0.1, 0.15) is 51.0 Å². The summed E-state index contributed by atoms with van der Waals surface area (Å²) in [6.07, 6.45) is 6.54. The highest BCUT2D eigenvalue weighted by Gasteiger charge is 2.36. The van der Waals surface area contributed by atoms with E-state index < -0.39 is 20.1 Å². The van der Waals surface area contributed by atoms with Crippen LogP contribution >= 0.6 is 0 Å². The standard InChI is InChI=1S/C16H21NO5S2/c1-11-16(12-6-4-2-3-5-7-12)14-9-8-13(22-24(17,20)21)10-15(14)23(11,18)19/h8-10,12H,2-7H2,1H3,(H2,17,20,21). The minimum atomic E-state index is -4.19. The maximum Gasteiger partial charge on any atom is 0.380 e. The number of sulfone groups is 1. The predicted octanol–water partition coefficient (Wildman–Crippen LogP) is 2.76. The Kier molecular flexibility index (Phi) is 4.48. The molecular formula is C16H21NO5S2. The molecule has 24 heavy (non-hydrogen) atoms. The van der Waals surface area contributed by atoms with Crippen LogP contribution in [0, 0.1) is 5.92 Å². The minimum Gasteiger partial charge on any atom is -0.371 e. The lowest BCUT2D eigenvalue weighted by molar-refractivity contribution is 0.486. The Hall–Kier alpha value is -1.38. The van der Waals surface area contributed by atoms with Crippen LogP contribution in [-0.4, -0.2) is 16.8 Å². The maximum atomic E-state index is 12.7. The summed E-state index contributed by atoms with van der Waals surface area (Å²) in [5.41, 5.74) is 1.55. The van der Waals surface area contributed by atoms with E-state index in [1.165, 1.54) is 25.0 Å². The van der Waals surface area contributed by atoms with Crippen LogP contribution in [0.5, 0.6) is 5.75 Å². The monoisotopic (exact) mass is 371 g/mol. The molecular weight excluding hydrogens is 350 g/mol. The van der Waals surface area contributed by atoms with E-state index in [1.807, 2.05) is 0 Å². The Bertz CT molecular complexity index is 892. The first-order valence-electron chi connectivity index (χ1n) is 8.02. The van der Waals surface area contributed by atoms with E-state index in [-0.39, 0.29) is 16.6 Å². The fourth-order valence-electron chi connectivity index (χ4n) is 3.71. The lowest BCUT2D eigenvalue weighted by Gasteiger charge is -2.17. The molecule has 0 saturated heterocycles. The molecule has 1 aromatic rings. The van der Waals surface area contributed by atoms with Gasteiger partial charge < -0.3 is 4.18 Å². The minimum absolute atomic E-state index is 0.0882. The Morgan fingerprint density at radius 3 is 2.33 bits per heavy atom. The topological polar surface area (TPSA) is 104 Å². The number of hydrogen-bond donors (Lipinski definition) is 1. The number of hydrogen-bond acceptors (Lipinski definition) is 5. The molecule has 0 amide bonds. The highest BCUT2D eigenvalue weighted by molar-refractivity contribution is 7.95. The summed E-state index contributed by atoms with van der Waals surface area (Å²) in [6.45, 7) is 1.63. The molecule has 1 saturated carbocycles. The zero-order valence-electron chi connectivity index (χ0n) is 13.5. The first kappa shape index (κ1) is 17.4. The fourth-order valence-corrected chi connectivity index (χ4v) is 5.71. The van der Waals surface area contributed by atoms with Gasteiger partial charge in [-0.3, -0.25) is 0 Å². The van der Waals surface area contributed by atoms with Gasteiger partial charge in [0.1, 0.15) is 5.75 Å². The molecule has 1 aliphatic carbocycles. The third-order valence-electron chi connectivity index (χ3n) is 4.79. The molecule has 8 heteroatoms. The molecule has 2 N–H and O–H groups in total. The summed E-state index contributed by atoms with van der Waals surface area (Å²) in [5, 5.41) is 4.86. The Labute approximate surface area is 142 Å². The van der Waals surface area contributed by atoms with Crippen molar-refractivity contribution in [2.24, 2.45) is 11.1 Å². The molecule has 0 bridgehead atoms. The molecule has 1 fully saturated rings. The summed E-state index contributed by atoms with van der Waals surface area (Å²) < 4.78 is 52.3. The zero-order valence-corrected chi connectivity index (χ0v) is 15.1. The number of allylic oxidation sites excluding steroid dienone is 2. The molecule has 6 nitrogen and oxygen atoms in total. The molecule has 1 heterocycles. The van der Waals surface area contributed by atoms with Gasteiger partial charge in [0.2, 0.25) is 9.84 Å². The van der Waals surface area contributed by atoms with Crippen molar-refractivity contribution in [2.45, 2.75) is 50.3 Å². The van der Waals surface area contributed by atoms with Crippen LogP contribution in [-0.2, 0) is 20.1 Å². The van der Waals surface area contributed by atoms with Crippen molar-refractivity contribution < 1.29 is 21.0 Å². The van der Waals surface area contributed by atoms with Gasteiger partial charge in [-0.15, -0.1) is 0 Å². The molecule has 0 aromatic heterocycles. The van der Waals surface area contributed by atoms with Crippen molar-refractivity contribution in [1.82, 2.24) is 0 Å². The second-order valence-electron chi connectivity index (χ2n) is 6.40. The summed E-state index contributed by atoms with van der Waals surface area (Å²) in [7, 11) is -7.80. The van der Waals surface area contributed by atoms with E-state index in [0.717, 1.165) is 31.3 Å². The normalized spacial score (nSPS) is 21.4. The van der Waals surface area contributed by atoms with E-state index >= 15 is 0 Å². The SMILES string of the molecule is CC1=C(C2CCCCCC2)c2ccc(OS(N)(=O)=O)cc2S1(=O)=O. The van der Waals surface area contributed by atoms with E-state index in [2.05, 4.69) is 4.18 Å². The molecule has 0 atom stereocenters. The van der Waals surface area contributed by atoms with Gasteiger partial charge in [0, 0.05) is 6.07 Å². The third-order valence-corrected chi connectivity index (χ3v) is 7.16. The van der Waals surface area contributed by atoms with Gasteiger partial charge in [-0.1, -0.05) is 25.7 Å². The second-order valence-corrected chi connectivity index (χ2v) is 9.61. The summed E-state index contributed by atoms with van der Waals surface area (Å²) in [6, 6.07) is 4.33. The predicted molar refractivity (Wildman–Crippen MR) is 91.1 cm³/mol. The number of nitrogens with two attached hydrogens (primary N) is 1. The van der Waals surface area contributed by atoms with Crippen LogP contribution in [0.15, 0.2) is 28.0 Å². The van der Waals surface area contributed by atoms with E-state index in [4.69, 9.17) is 5.14 Å². The third kappa shape index (κ3) is 3.22. The number of rotatable bonds is 3. The van der Waals surface area contributed by atoms with Crippen molar-refractivity contribution in [1.29, 1.82) is 0 Å². The summed E-state index contributed by atoms with van der Waals surface area (Å²) >= 11 is 0. The quantitative estimate of drug-likeness (QED) is 0.823. The van der Waals surface area contributed by atoms with Crippen molar-refractivity contribution in [3.8, 4) is 5.75 Å². The summed E-state index contributed by atoms with van der Waals surface area (Å²) in [4.78, 5) is 0.484. The van der Waals surface area contributed by atoms with Gasteiger partial charge in [-0.05, 0) is 49.0 Å². The maximum absolute atomic E-state index is 12.7. The average Bonchev–Trinajstić information content (AvgIpc) is 2.68. The molecule has 0 radical (unpaired) electrons. The van der Waals surface area contributed by atoms with Gasteiger partial charge in [0.05, 0.1) is 9.80 Å². The van der Waals surface area contributed by atoms with Crippen molar-refractivity contribution in [3.05, 3.63) is 28.7 Å². The van der Waals surface area contributed by atoms with E-state index in [0.29, 0.717) is 10.5 Å². The lowest BCUT2D eigenvalue weighted by atomic mass is 9.87. The Morgan fingerprint density at radius 1 is 1.12 bits per heavy atom. The van der Waals surface area contributed by atoms with Crippen LogP contribution in [0.4, 0.5) is 0 Å². The molecule has 0 spiro atoms. The van der Waals surface area contributed by atoms with Gasteiger partial charge in [0.15, 0.2) is 0 Å². The van der Waals surface area contributed by atoms with E-state index in [1.54, 1.807) is 13.0 Å². The Morgan fingerprint density at radius 2 is 1.75 bits per heavy atom. The number of fused-ring (bicyclic) bond motifs is 1. The molecule has 0 unspecified atom stereocenters. The van der Waals surface area contributed by atoms with Crippen molar-refractivity contribution in [2.75, 3.05) is 0 Å². The Balaban J connectivity index is 2.07. The molecule has 1 aliphatic heterocycles. The smallest absolute Gasteiger partial charge is 0.371 e. The zero-order chi connectivity index (χ0) is 17.5. The first-order chi connectivity index (χ1) is 11.2. The molecule has 3 rings (SSSR count). The largest absolute Gasteiger partial charge is 0.380 e. The van der Waals surface area contributed by atoms with Crippen molar-refractivity contribution in [3.63, 3.8) is 0 Å². The highest BCUT2D eigenvalue weighted by Crippen LogP contribution is 2.47. The van der Waals surface area contributed by atoms with Crippen LogP contribution in [0.3, 0.4) is 0 Å². The molecule has 132 valence electrons. The van der Waals surface area contributed by atoms with Gasteiger partial charge >= 0.3 is 10.3 Å².